The minimum atomic E-state index is -4.59. The van der Waals surface area contributed by atoms with Gasteiger partial charge in [0.05, 0.1) is 5.69 Å². The van der Waals surface area contributed by atoms with Crippen LogP contribution in [0.25, 0.3) is 0 Å². The molecule has 1 aliphatic heterocycles. The van der Waals surface area contributed by atoms with Crippen LogP contribution in [-0.2, 0) is 18.4 Å². The van der Waals surface area contributed by atoms with E-state index in [-0.39, 0.29) is 28.8 Å². The maximum absolute atomic E-state index is 14.3. The van der Waals surface area contributed by atoms with E-state index in [0.717, 1.165) is 31.4 Å². The Morgan fingerprint density at radius 2 is 1.84 bits per heavy atom. The van der Waals surface area contributed by atoms with Crippen molar-refractivity contribution >= 4 is 29.2 Å². The molecule has 2 aromatic heterocycles. The smallest absolute Gasteiger partial charge is 0.343 e. The zero-order valence-corrected chi connectivity index (χ0v) is 20.6. The van der Waals surface area contributed by atoms with Gasteiger partial charge in [-0.25, -0.2) is 14.4 Å². The summed E-state index contributed by atoms with van der Waals surface area (Å²) in [6.45, 7) is 5.50. The van der Waals surface area contributed by atoms with Crippen LogP contribution in [0.1, 0.15) is 48.0 Å². The number of nitrogens with zero attached hydrogens (tertiary/aromatic N) is 3. The van der Waals surface area contributed by atoms with Gasteiger partial charge >= 0.3 is 6.18 Å². The highest BCUT2D eigenvalue weighted by Crippen LogP contribution is 2.27. The van der Waals surface area contributed by atoms with Crippen molar-refractivity contribution in [2.75, 3.05) is 23.7 Å². The number of nitrogens with one attached hydrogen (secondary N) is 4. The predicted octanol–water partition coefficient (Wildman–Crippen LogP) is 4.73. The summed E-state index contributed by atoms with van der Waals surface area (Å²) in [6, 6.07) is 8.41. The van der Waals surface area contributed by atoms with Crippen LogP contribution in [0, 0.1) is 5.82 Å². The Bertz CT molecular complexity index is 1310. The van der Waals surface area contributed by atoms with Gasteiger partial charge < -0.3 is 21.3 Å². The highest BCUT2D eigenvalue weighted by Gasteiger charge is 2.29. The summed E-state index contributed by atoms with van der Waals surface area (Å²) < 4.78 is 52.4. The van der Waals surface area contributed by atoms with E-state index >= 15 is 0 Å². The molecular formula is C25H27F4N7O. The van der Waals surface area contributed by atoms with Crippen LogP contribution >= 0.6 is 0 Å². The van der Waals surface area contributed by atoms with E-state index in [1.165, 1.54) is 23.3 Å². The molecule has 1 aliphatic rings. The molecule has 0 saturated heterocycles. The zero-order valence-electron chi connectivity index (χ0n) is 20.6. The molecule has 3 heterocycles. The number of pyridine rings is 1. The van der Waals surface area contributed by atoms with Gasteiger partial charge in [-0.15, -0.1) is 0 Å². The summed E-state index contributed by atoms with van der Waals surface area (Å²) in [5.74, 6) is -1.33. The molecule has 4 rings (SSSR count). The first-order chi connectivity index (χ1) is 17.4. The van der Waals surface area contributed by atoms with Crippen LogP contribution in [0.5, 0.6) is 0 Å². The normalized spacial score (nSPS) is 13.6. The van der Waals surface area contributed by atoms with E-state index < -0.39 is 29.9 Å². The molecule has 1 amide bonds. The Balaban J connectivity index is 1.66. The monoisotopic (exact) mass is 517 g/mol. The van der Waals surface area contributed by atoms with Gasteiger partial charge in [-0.1, -0.05) is 26.8 Å². The second-order valence-corrected chi connectivity index (χ2v) is 9.69. The van der Waals surface area contributed by atoms with Crippen LogP contribution < -0.4 is 21.3 Å². The van der Waals surface area contributed by atoms with Crippen LogP contribution in [0.15, 0.2) is 36.5 Å². The second-order valence-electron chi connectivity index (χ2n) is 9.69. The van der Waals surface area contributed by atoms with Gasteiger partial charge in [-0.05, 0) is 48.4 Å². The number of amides is 1. The number of anilines is 4. The van der Waals surface area contributed by atoms with Crippen molar-refractivity contribution in [3.8, 4) is 0 Å². The fourth-order valence-electron chi connectivity index (χ4n) is 3.82. The molecule has 0 fully saturated rings. The van der Waals surface area contributed by atoms with Crippen molar-refractivity contribution < 1.29 is 22.4 Å². The lowest BCUT2D eigenvalue weighted by Gasteiger charge is -2.20. The maximum atomic E-state index is 14.3. The van der Waals surface area contributed by atoms with Gasteiger partial charge in [0.2, 0.25) is 5.95 Å². The number of rotatable bonds is 6. The van der Waals surface area contributed by atoms with E-state index in [1.54, 1.807) is 20.8 Å². The largest absolute Gasteiger partial charge is 0.405 e. The number of aromatic nitrogens is 3. The number of carbonyl (C=O) groups excluding carboxylic acids is 1. The predicted molar refractivity (Wildman–Crippen MR) is 132 cm³/mol. The third-order valence-corrected chi connectivity index (χ3v) is 5.63. The lowest BCUT2D eigenvalue weighted by molar-refractivity contribution is -0.123. The second kappa shape index (κ2) is 10.3. The summed E-state index contributed by atoms with van der Waals surface area (Å²) in [7, 11) is 0. The van der Waals surface area contributed by atoms with Gasteiger partial charge in [0.15, 0.2) is 0 Å². The van der Waals surface area contributed by atoms with Crippen molar-refractivity contribution in [3.63, 3.8) is 0 Å². The van der Waals surface area contributed by atoms with Crippen molar-refractivity contribution in [3.05, 3.63) is 64.7 Å². The number of fused-ring (bicyclic) bond motifs is 1. The summed E-state index contributed by atoms with van der Waals surface area (Å²) in [5.41, 5.74) is 2.42. The Kier molecular flexibility index (Phi) is 7.30. The van der Waals surface area contributed by atoms with Gasteiger partial charge in [0.25, 0.3) is 5.91 Å². The molecule has 8 nitrogen and oxygen atoms in total. The molecule has 0 unspecified atom stereocenters. The molecule has 0 atom stereocenters. The van der Waals surface area contributed by atoms with E-state index in [4.69, 9.17) is 0 Å². The SMILES string of the molecule is CC(C)(C)c1nc(Nc2nc(Nc3ccc4c(c3)CCNC4)ncc2C(=O)NCC(F)(F)F)ccc1F. The topological polar surface area (TPSA) is 104 Å². The third kappa shape index (κ3) is 6.70. The molecule has 0 spiro atoms. The molecule has 196 valence electrons. The van der Waals surface area contributed by atoms with Gasteiger partial charge in [0.1, 0.15) is 29.6 Å². The zero-order chi connectivity index (χ0) is 26.8. The maximum Gasteiger partial charge on any atom is 0.405 e. The minimum Gasteiger partial charge on any atom is -0.343 e. The first-order valence-electron chi connectivity index (χ1n) is 11.6. The summed E-state index contributed by atoms with van der Waals surface area (Å²) in [4.78, 5) is 25.3. The van der Waals surface area contributed by atoms with Gasteiger partial charge in [-0.2, -0.15) is 18.2 Å². The molecule has 0 aliphatic carbocycles. The van der Waals surface area contributed by atoms with E-state index in [0.29, 0.717) is 0 Å². The molecular weight excluding hydrogens is 490 g/mol. The highest BCUT2D eigenvalue weighted by atomic mass is 19.4. The van der Waals surface area contributed by atoms with E-state index in [1.807, 2.05) is 23.5 Å². The Morgan fingerprint density at radius 1 is 1.05 bits per heavy atom. The number of alkyl halides is 3. The molecule has 1 aromatic carbocycles. The van der Waals surface area contributed by atoms with Crippen molar-refractivity contribution in [2.45, 2.75) is 45.3 Å². The third-order valence-electron chi connectivity index (χ3n) is 5.63. The Hall–Kier alpha value is -3.80. The summed E-state index contributed by atoms with van der Waals surface area (Å²) in [5, 5.41) is 11.0. The van der Waals surface area contributed by atoms with Crippen LogP contribution in [-0.4, -0.2) is 40.1 Å². The first-order valence-corrected chi connectivity index (χ1v) is 11.6. The molecule has 0 saturated carbocycles. The van der Waals surface area contributed by atoms with E-state index in [9.17, 15) is 22.4 Å². The van der Waals surface area contributed by atoms with Crippen molar-refractivity contribution in [2.24, 2.45) is 0 Å². The molecule has 37 heavy (non-hydrogen) atoms. The fraction of sp³-hybridized carbons (Fsp3) is 0.360. The average molecular weight is 518 g/mol. The summed E-state index contributed by atoms with van der Waals surface area (Å²) in [6.07, 6.45) is -2.60. The van der Waals surface area contributed by atoms with E-state index in [2.05, 4.69) is 30.9 Å². The lowest BCUT2D eigenvalue weighted by atomic mass is 9.91. The van der Waals surface area contributed by atoms with Crippen LogP contribution in [0.4, 0.5) is 40.8 Å². The Labute approximate surface area is 211 Å². The standard InChI is InChI=1S/C25H27F4N7O/c1-24(2,3)20-18(26)6-7-19(34-20)35-21-17(22(37)32-13-25(27,28)29)12-31-23(36-21)33-16-5-4-15-11-30-9-8-14(15)10-16/h4-7,10,12,30H,8-9,11,13H2,1-3H3,(H,32,37)(H2,31,33,34,35,36). The highest BCUT2D eigenvalue weighted by molar-refractivity contribution is 5.99. The Morgan fingerprint density at radius 3 is 2.57 bits per heavy atom. The average Bonchev–Trinajstić information content (AvgIpc) is 2.83. The number of hydrogen-bond acceptors (Lipinski definition) is 7. The number of benzene rings is 1. The van der Waals surface area contributed by atoms with Crippen LogP contribution in [0.3, 0.4) is 0 Å². The van der Waals surface area contributed by atoms with Gasteiger partial charge in [-0.3, -0.25) is 4.79 Å². The van der Waals surface area contributed by atoms with Gasteiger partial charge in [0, 0.05) is 23.8 Å². The number of hydrogen-bond donors (Lipinski definition) is 4. The lowest BCUT2D eigenvalue weighted by Crippen LogP contribution is -2.34. The fourth-order valence-corrected chi connectivity index (χ4v) is 3.82. The molecule has 3 aromatic rings. The van der Waals surface area contributed by atoms with Crippen molar-refractivity contribution in [1.29, 1.82) is 0 Å². The summed E-state index contributed by atoms with van der Waals surface area (Å²) >= 11 is 0. The van der Waals surface area contributed by atoms with Crippen molar-refractivity contribution in [1.82, 2.24) is 25.6 Å². The quantitative estimate of drug-likeness (QED) is 0.351. The molecule has 12 heteroatoms. The molecule has 0 bridgehead atoms. The van der Waals surface area contributed by atoms with Crippen LogP contribution in [0.2, 0.25) is 0 Å². The number of carbonyl (C=O) groups is 1. The molecule has 0 radical (unpaired) electrons. The minimum absolute atomic E-state index is 0.0849. The first kappa shape index (κ1) is 26.3. The molecule has 4 N–H and O–H groups in total. The number of halogens is 4.